The van der Waals surface area contributed by atoms with Crippen LogP contribution in [0, 0.1) is 6.07 Å². The molecule has 0 amide bonds. The van der Waals surface area contributed by atoms with E-state index in [0.717, 1.165) is 13.4 Å². The van der Waals surface area contributed by atoms with Gasteiger partial charge in [0.2, 0.25) is 0 Å². The fourth-order valence-corrected chi connectivity index (χ4v) is 2.73. The van der Waals surface area contributed by atoms with Gasteiger partial charge in [0.1, 0.15) is 0 Å². The summed E-state index contributed by atoms with van der Waals surface area (Å²) in [6, 6.07) is 6.88. The number of rotatable bonds is 0. The van der Waals surface area contributed by atoms with Crippen molar-refractivity contribution in [1.29, 1.82) is 0 Å². The molecular weight excluding hydrogens is 312 g/mol. The molecule has 0 unspecified atom stereocenters. The highest BCUT2D eigenvalue weighted by atomic mass is 79.9. The van der Waals surface area contributed by atoms with Crippen molar-refractivity contribution in [2.75, 3.05) is 0 Å². The van der Waals surface area contributed by atoms with Crippen LogP contribution >= 0.6 is 47.8 Å². The molecule has 0 nitrogen and oxygen atoms in total. The zero-order valence-corrected chi connectivity index (χ0v) is 9.05. The molecule has 0 spiro atoms. The summed E-state index contributed by atoms with van der Waals surface area (Å²) in [5, 5.41) is 0. The van der Waals surface area contributed by atoms with Crippen molar-refractivity contribution in [1.82, 2.24) is 0 Å². The van der Waals surface area contributed by atoms with Crippen molar-refractivity contribution in [3.8, 4) is 0 Å². The van der Waals surface area contributed by atoms with Crippen molar-refractivity contribution in [3.05, 3.63) is 31.6 Å². The van der Waals surface area contributed by atoms with E-state index in [0.29, 0.717) is 0 Å². The van der Waals surface area contributed by atoms with Crippen molar-refractivity contribution in [2.24, 2.45) is 0 Å². The molecule has 0 aliphatic rings. The molecule has 1 rings (SSSR count). The van der Waals surface area contributed by atoms with Gasteiger partial charge in [-0.3, -0.25) is 0 Å². The Kier molecular flexibility index (Phi) is 2.73. The molecule has 0 saturated carbocycles. The van der Waals surface area contributed by atoms with Crippen LogP contribution in [0.25, 0.3) is 0 Å². The third kappa shape index (κ3) is 2.40. The molecule has 3 heteroatoms. The van der Waals surface area contributed by atoms with Gasteiger partial charge in [0.25, 0.3) is 0 Å². The highest BCUT2D eigenvalue weighted by Gasteiger charge is 1.92. The summed E-state index contributed by atoms with van der Waals surface area (Å²) >= 11 is 9.93. The molecule has 1 aromatic rings. The fraction of sp³-hybridized carbons (Fsp3) is 0. The summed E-state index contributed by atoms with van der Waals surface area (Å²) in [7, 11) is 0. The molecule has 0 heterocycles. The second-order valence-corrected chi connectivity index (χ2v) is 4.12. The lowest BCUT2D eigenvalue weighted by atomic mass is 10.4. The molecule has 0 aliphatic heterocycles. The summed E-state index contributed by atoms with van der Waals surface area (Å²) in [6.45, 7) is 0. The monoisotopic (exact) mass is 311 g/mol. The Hall–Kier alpha value is 0.660. The Morgan fingerprint density at radius 1 is 1.00 bits per heavy atom. The molecule has 0 saturated heterocycles. The van der Waals surface area contributed by atoms with Crippen molar-refractivity contribution in [3.63, 3.8) is 0 Å². The van der Waals surface area contributed by atoms with E-state index in [4.69, 9.17) is 0 Å². The van der Waals surface area contributed by atoms with Crippen molar-refractivity contribution in [2.45, 2.75) is 0 Å². The van der Waals surface area contributed by atoms with Gasteiger partial charge in [-0.05, 0) is 12.1 Å². The molecule has 0 aliphatic carbocycles. The van der Waals surface area contributed by atoms with E-state index in [1.54, 1.807) is 0 Å². The number of benzene rings is 1. The van der Waals surface area contributed by atoms with Gasteiger partial charge in [-0.2, -0.15) is 0 Å². The largest absolute Gasteiger partial charge is 0.0508 e. The topological polar surface area (TPSA) is 0 Å². The maximum Gasteiger partial charge on any atom is 0.0277 e. The molecule has 47 valence electrons. The van der Waals surface area contributed by atoms with Gasteiger partial charge in [-0.15, -0.1) is 0 Å². The standard InChI is InChI=1S/C6H2Br3/c7-4-1-5(8)3-6(9)2-4/h1-2H. The van der Waals surface area contributed by atoms with Crippen LogP contribution < -0.4 is 0 Å². The fourth-order valence-electron chi connectivity index (χ4n) is 0.470. The Morgan fingerprint density at radius 2 is 1.44 bits per heavy atom. The molecule has 1 radical (unpaired) electrons. The maximum atomic E-state index is 3.33. The molecule has 1 aromatic carbocycles. The molecule has 0 bridgehead atoms. The van der Waals surface area contributed by atoms with Crippen LogP contribution in [0.15, 0.2) is 25.6 Å². The number of hydrogen-bond acceptors (Lipinski definition) is 0. The van der Waals surface area contributed by atoms with E-state index in [2.05, 4.69) is 53.9 Å². The van der Waals surface area contributed by atoms with Gasteiger partial charge < -0.3 is 0 Å². The average Bonchev–Trinajstić information content (AvgIpc) is 1.59. The van der Waals surface area contributed by atoms with E-state index in [9.17, 15) is 0 Å². The highest BCUT2D eigenvalue weighted by molar-refractivity contribution is 9.11. The Bertz CT molecular complexity index is 169. The van der Waals surface area contributed by atoms with E-state index in [-0.39, 0.29) is 0 Å². The minimum absolute atomic E-state index is 0.948. The molecule has 9 heavy (non-hydrogen) atoms. The van der Waals surface area contributed by atoms with Crippen molar-refractivity contribution < 1.29 is 0 Å². The zero-order valence-electron chi connectivity index (χ0n) is 4.29. The first-order valence-corrected chi connectivity index (χ1v) is 4.60. The van der Waals surface area contributed by atoms with E-state index < -0.39 is 0 Å². The first-order valence-electron chi connectivity index (χ1n) is 2.22. The van der Waals surface area contributed by atoms with E-state index in [1.807, 2.05) is 12.1 Å². The predicted octanol–water partition coefficient (Wildman–Crippen LogP) is 3.77. The lowest BCUT2D eigenvalue weighted by Gasteiger charge is -1.91. The minimum Gasteiger partial charge on any atom is -0.0508 e. The van der Waals surface area contributed by atoms with E-state index >= 15 is 0 Å². The summed E-state index contributed by atoms with van der Waals surface area (Å²) in [6.07, 6.45) is 0. The quantitative estimate of drug-likeness (QED) is 0.684. The van der Waals surface area contributed by atoms with Gasteiger partial charge in [-0.1, -0.05) is 47.8 Å². The Balaban J connectivity index is 3.17. The Morgan fingerprint density at radius 3 is 1.78 bits per heavy atom. The van der Waals surface area contributed by atoms with E-state index in [1.165, 1.54) is 0 Å². The number of halogens is 3. The van der Waals surface area contributed by atoms with Gasteiger partial charge in [0.15, 0.2) is 0 Å². The second kappa shape index (κ2) is 3.17. The van der Waals surface area contributed by atoms with Crippen molar-refractivity contribution >= 4 is 47.8 Å². The minimum atomic E-state index is 0.948. The summed E-state index contributed by atoms with van der Waals surface area (Å²) in [5.74, 6) is 0. The summed E-state index contributed by atoms with van der Waals surface area (Å²) < 4.78 is 2.94. The third-order valence-electron chi connectivity index (χ3n) is 0.768. The zero-order chi connectivity index (χ0) is 6.85. The highest BCUT2D eigenvalue weighted by Crippen LogP contribution is 2.22. The molecule has 0 atom stereocenters. The van der Waals surface area contributed by atoms with Crippen LogP contribution in [0.2, 0.25) is 0 Å². The SMILES string of the molecule is Brc1[c]c(Br)cc(Br)c1. The molecule has 0 aromatic heterocycles. The second-order valence-electron chi connectivity index (χ2n) is 1.49. The van der Waals surface area contributed by atoms with Gasteiger partial charge in [-0.25, -0.2) is 0 Å². The van der Waals surface area contributed by atoms with Crippen LogP contribution in [0.3, 0.4) is 0 Å². The first kappa shape index (κ1) is 7.76. The predicted molar refractivity (Wildman–Crippen MR) is 48.4 cm³/mol. The van der Waals surface area contributed by atoms with Crippen LogP contribution in [-0.2, 0) is 0 Å². The lowest BCUT2D eigenvalue weighted by Crippen LogP contribution is -1.67. The van der Waals surface area contributed by atoms with Crippen LogP contribution in [-0.4, -0.2) is 0 Å². The first-order chi connectivity index (χ1) is 4.18. The average molecular weight is 314 g/mol. The molecular formula is C6H2Br3. The number of hydrogen-bond donors (Lipinski definition) is 0. The molecule has 0 N–H and O–H groups in total. The van der Waals surface area contributed by atoms with Crippen LogP contribution in [0.1, 0.15) is 0 Å². The maximum absolute atomic E-state index is 3.33. The normalized spacial score (nSPS) is 9.67. The van der Waals surface area contributed by atoms with Gasteiger partial charge >= 0.3 is 0 Å². The lowest BCUT2D eigenvalue weighted by molar-refractivity contribution is 1.54. The Labute approximate surface area is 79.0 Å². The van der Waals surface area contributed by atoms with Gasteiger partial charge in [0, 0.05) is 19.5 Å². The summed E-state index contributed by atoms with van der Waals surface area (Å²) in [5.41, 5.74) is 0. The molecule has 0 fully saturated rings. The van der Waals surface area contributed by atoms with Gasteiger partial charge in [0.05, 0.1) is 0 Å². The van der Waals surface area contributed by atoms with Crippen LogP contribution in [0.4, 0.5) is 0 Å². The van der Waals surface area contributed by atoms with Crippen LogP contribution in [0.5, 0.6) is 0 Å². The summed E-state index contributed by atoms with van der Waals surface area (Å²) in [4.78, 5) is 0. The smallest absolute Gasteiger partial charge is 0.0277 e. The third-order valence-corrected chi connectivity index (χ3v) is 2.08.